The van der Waals surface area contributed by atoms with E-state index in [0.29, 0.717) is 19.3 Å². The molecule has 0 spiro atoms. The Hall–Kier alpha value is -0.610. The number of carboxylic acid groups (broad SMARTS) is 1. The second-order valence-corrected chi connectivity index (χ2v) is 4.33. The van der Waals surface area contributed by atoms with Crippen molar-refractivity contribution in [1.82, 2.24) is 0 Å². The molecule has 16 heavy (non-hydrogen) atoms. The molecule has 0 aliphatic carbocycles. The molecule has 0 fully saturated rings. The van der Waals surface area contributed by atoms with Crippen molar-refractivity contribution in [3.05, 3.63) is 0 Å². The highest BCUT2D eigenvalue weighted by Gasteiger charge is 2.10. The van der Waals surface area contributed by atoms with Gasteiger partial charge in [0, 0.05) is 4.28 Å². The summed E-state index contributed by atoms with van der Waals surface area (Å²) in [7, 11) is 0. The molecule has 0 rings (SSSR count). The van der Waals surface area contributed by atoms with E-state index in [1.54, 1.807) is 0 Å². The molecule has 102 valence electrons. The van der Waals surface area contributed by atoms with Crippen molar-refractivity contribution in [3.8, 4) is 0 Å². The van der Waals surface area contributed by atoms with Gasteiger partial charge in [-0.25, -0.2) is 0 Å². The third kappa shape index (κ3) is 9.93. The van der Waals surface area contributed by atoms with Gasteiger partial charge in [0.1, 0.15) is 0 Å². The maximum atomic E-state index is 10.3. The van der Waals surface area contributed by atoms with Crippen LogP contribution in [-0.2, 0) is 4.79 Å². The predicted molar refractivity (Wildman–Crippen MR) is 68.6 cm³/mol. The molecule has 0 heterocycles. The summed E-state index contributed by atoms with van der Waals surface area (Å²) >= 11 is 0. The lowest BCUT2D eigenvalue weighted by Gasteiger charge is -2.11. The molecule has 0 saturated carbocycles. The molecule has 0 saturated heterocycles. The Kier molecular flexibility index (Phi) is 9.24. The van der Waals surface area contributed by atoms with E-state index in [0.717, 1.165) is 25.7 Å². The number of carbonyl (C=O) groups is 1. The number of aliphatic hydroxyl groups excluding tert-OH is 2. The summed E-state index contributed by atoms with van der Waals surface area (Å²) in [5.41, 5.74) is 0. The molecule has 4 nitrogen and oxygen atoms in total. The Morgan fingerprint density at radius 2 is 1.62 bits per heavy atom. The van der Waals surface area contributed by atoms with Gasteiger partial charge in [0.25, 0.3) is 0 Å². The van der Waals surface area contributed by atoms with E-state index in [2.05, 4.69) is 6.92 Å². The fourth-order valence-electron chi connectivity index (χ4n) is 1.67. The van der Waals surface area contributed by atoms with Crippen molar-refractivity contribution >= 4 is 5.97 Å². The summed E-state index contributed by atoms with van der Waals surface area (Å²) in [4.78, 5) is 10.3. The van der Waals surface area contributed by atoms with Gasteiger partial charge in [-0.2, -0.15) is 0 Å². The minimum atomic E-state index is -0.976. The standard InChI is InChI=1S/C12H24O4.3H2/c1-2-3-4-6-10(13)7-5-8-11(14)9-12(15)16;;;/h10-11,13-14H,2-9H2,1H3,(H,15,16);3*1H. The van der Waals surface area contributed by atoms with Gasteiger partial charge in [-0.3, -0.25) is 4.79 Å². The van der Waals surface area contributed by atoms with E-state index < -0.39 is 12.1 Å². The highest BCUT2D eigenvalue weighted by Crippen LogP contribution is 2.11. The van der Waals surface area contributed by atoms with E-state index in [1.807, 2.05) is 0 Å². The predicted octanol–water partition coefficient (Wildman–Crippen LogP) is 2.67. The first kappa shape index (κ1) is 15.4. The topological polar surface area (TPSA) is 77.8 Å². The van der Waals surface area contributed by atoms with Gasteiger partial charge in [0.2, 0.25) is 0 Å². The van der Waals surface area contributed by atoms with Gasteiger partial charge in [0.05, 0.1) is 18.6 Å². The zero-order chi connectivity index (χ0) is 12.4. The zero-order valence-electron chi connectivity index (χ0n) is 10.1. The molecule has 0 aromatic carbocycles. The highest BCUT2D eigenvalue weighted by atomic mass is 16.4. The van der Waals surface area contributed by atoms with Gasteiger partial charge in [-0.1, -0.05) is 26.2 Å². The van der Waals surface area contributed by atoms with Gasteiger partial charge < -0.3 is 15.3 Å². The molecule has 4 heteroatoms. The van der Waals surface area contributed by atoms with Crippen LogP contribution in [0.3, 0.4) is 0 Å². The van der Waals surface area contributed by atoms with Crippen LogP contribution >= 0.6 is 0 Å². The number of aliphatic carboxylic acids is 1. The summed E-state index contributed by atoms with van der Waals surface area (Å²) < 4.78 is 0. The summed E-state index contributed by atoms with van der Waals surface area (Å²) in [6.45, 7) is 2.12. The molecular formula is C12H30O4. The van der Waals surface area contributed by atoms with Crippen LogP contribution in [0, 0.1) is 0 Å². The van der Waals surface area contributed by atoms with Gasteiger partial charge in [0.15, 0.2) is 0 Å². The van der Waals surface area contributed by atoms with Crippen molar-refractivity contribution < 1.29 is 24.4 Å². The minimum Gasteiger partial charge on any atom is -0.481 e. The summed E-state index contributed by atoms with van der Waals surface area (Å²) in [5.74, 6) is -0.976. The lowest BCUT2D eigenvalue weighted by Crippen LogP contribution is -2.14. The van der Waals surface area contributed by atoms with Crippen LogP contribution < -0.4 is 0 Å². The van der Waals surface area contributed by atoms with Crippen molar-refractivity contribution in [2.24, 2.45) is 0 Å². The number of unbranched alkanes of at least 4 members (excludes halogenated alkanes) is 2. The SMILES string of the molecule is CCCCCC(O)CCCC(O)CC(=O)O.[HH].[HH].[HH]. The van der Waals surface area contributed by atoms with Gasteiger partial charge >= 0.3 is 5.97 Å². The van der Waals surface area contributed by atoms with Crippen LogP contribution in [-0.4, -0.2) is 33.5 Å². The number of aliphatic hydroxyl groups is 2. The number of hydrogen-bond donors (Lipinski definition) is 3. The van der Waals surface area contributed by atoms with Gasteiger partial charge in [-0.15, -0.1) is 0 Å². The van der Waals surface area contributed by atoms with Crippen LogP contribution in [0.2, 0.25) is 0 Å². The molecule has 0 radical (unpaired) electrons. The Morgan fingerprint density at radius 3 is 2.19 bits per heavy atom. The number of hydrogen-bond acceptors (Lipinski definition) is 3. The molecule has 0 aromatic rings. The second kappa shape index (κ2) is 9.60. The smallest absolute Gasteiger partial charge is 0.305 e. The van der Waals surface area contributed by atoms with Crippen molar-refractivity contribution in [1.29, 1.82) is 0 Å². The normalized spacial score (nSPS) is 14.7. The molecular weight excluding hydrogens is 208 g/mol. The molecule has 2 unspecified atom stereocenters. The molecule has 0 bridgehead atoms. The third-order valence-electron chi connectivity index (χ3n) is 2.63. The van der Waals surface area contributed by atoms with Crippen LogP contribution in [0.25, 0.3) is 0 Å². The van der Waals surface area contributed by atoms with Crippen molar-refractivity contribution in [3.63, 3.8) is 0 Å². The lowest BCUT2D eigenvalue weighted by molar-refractivity contribution is -0.139. The van der Waals surface area contributed by atoms with E-state index in [-0.39, 0.29) is 16.8 Å². The average Bonchev–Trinajstić information content (AvgIpc) is 2.17. The fraction of sp³-hybridized carbons (Fsp3) is 0.917. The van der Waals surface area contributed by atoms with Gasteiger partial charge in [-0.05, 0) is 25.7 Å². The largest absolute Gasteiger partial charge is 0.481 e. The maximum Gasteiger partial charge on any atom is 0.305 e. The van der Waals surface area contributed by atoms with E-state index >= 15 is 0 Å². The molecule has 3 N–H and O–H groups in total. The number of rotatable bonds is 10. The summed E-state index contributed by atoms with van der Waals surface area (Å²) in [6.07, 6.45) is 4.63. The average molecular weight is 238 g/mol. The van der Waals surface area contributed by atoms with Crippen LogP contribution in [0.4, 0.5) is 0 Å². The first-order valence-corrected chi connectivity index (χ1v) is 6.14. The Bertz CT molecular complexity index is 194. The quantitative estimate of drug-likeness (QED) is 0.511. The first-order chi connectivity index (χ1) is 7.56. The zero-order valence-corrected chi connectivity index (χ0v) is 10.1. The summed E-state index contributed by atoms with van der Waals surface area (Å²) in [5, 5.41) is 27.3. The summed E-state index contributed by atoms with van der Waals surface area (Å²) in [6, 6.07) is 0. The van der Waals surface area contributed by atoms with E-state index in [9.17, 15) is 15.0 Å². The van der Waals surface area contributed by atoms with Crippen LogP contribution in [0.5, 0.6) is 0 Å². The Morgan fingerprint density at radius 1 is 1.06 bits per heavy atom. The highest BCUT2D eigenvalue weighted by molar-refractivity contribution is 5.67. The molecule has 0 amide bonds. The Labute approximate surface area is 102 Å². The molecule has 0 aliphatic heterocycles. The van der Waals surface area contributed by atoms with Crippen LogP contribution in [0.15, 0.2) is 0 Å². The number of carboxylic acids is 1. The maximum absolute atomic E-state index is 10.3. The second-order valence-electron chi connectivity index (χ2n) is 4.33. The molecule has 0 aliphatic rings. The van der Waals surface area contributed by atoms with Crippen molar-refractivity contribution in [2.45, 2.75) is 70.5 Å². The molecule has 0 aromatic heterocycles. The first-order valence-electron chi connectivity index (χ1n) is 6.14. The molecule has 2 atom stereocenters. The third-order valence-corrected chi connectivity index (χ3v) is 2.63. The van der Waals surface area contributed by atoms with Crippen molar-refractivity contribution in [2.75, 3.05) is 0 Å². The lowest BCUT2D eigenvalue weighted by atomic mass is 10.0. The van der Waals surface area contributed by atoms with E-state index in [4.69, 9.17) is 5.11 Å². The van der Waals surface area contributed by atoms with E-state index in [1.165, 1.54) is 0 Å². The fourth-order valence-corrected chi connectivity index (χ4v) is 1.67. The minimum absolute atomic E-state index is 0. The van der Waals surface area contributed by atoms with Crippen LogP contribution in [0.1, 0.15) is 62.6 Å². The Balaban J connectivity index is -0.000000375. The monoisotopic (exact) mass is 238 g/mol.